The van der Waals surface area contributed by atoms with Gasteiger partial charge in [0.05, 0.1) is 5.56 Å². The van der Waals surface area contributed by atoms with Crippen LogP contribution in [0.5, 0.6) is 0 Å². The second kappa shape index (κ2) is 4.51. The van der Waals surface area contributed by atoms with Crippen LogP contribution in [0.3, 0.4) is 0 Å². The fraction of sp³-hybridized carbons (Fsp3) is 0.500. The lowest BCUT2D eigenvalue weighted by molar-refractivity contribution is 0.0748. The molecular weight excluding hydrogens is 202 g/mol. The molecule has 1 aromatic rings. The fourth-order valence-electron chi connectivity index (χ4n) is 2.17. The van der Waals surface area contributed by atoms with Crippen molar-refractivity contribution in [2.75, 3.05) is 18.9 Å². The topological polar surface area (TPSA) is 45.2 Å². The van der Waals surface area contributed by atoms with Gasteiger partial charge in [0, 0.05) is 25.8 Å². The maximum absolute atomic E-state index is 12.3. The summed E-state index contributed by atoms with van der Waals surface area (Å²) in [6, 6.07) is 3.97. The summed E-state index contributed by atoms with van der Waals surface area (Å²) in [6.07, 6.45) is 3.89. The van der Waals surface area contributed by atoms with E-state index in [-0.39, 0.29) is 5.91 Å². The van der Waals surface area contributed by atoms with Crippen LogP contribution in [0.2, 0.25) is 0 Å². The molecule has 1 aliphatic heterocycles. The van der Waals surface area contributed by atoms with Gasteiger partial charge in [0.1, 0.15) is 5.82 Å². The van der Waals surface area contributed by atoms with E-state index in [0.717, 1.165) is 19.4 Å². The van der Waals surface area contributed by atoms with Crippen molar-refractivity contribution in [2.45, 2.75) is 25.8 Å². The van der Waals surface area contributed by atoms with Crippen LogP contribution in [-0.2, 0) is 0 Å². The summed E-state index contributed by atoms with van der Waals surface area (Å²) in [5.41, 5.74) is 0.666. The molecule has 1 fully saturated rings. The molecule has 2 rings (SSSR count). The number of nitrogens with one attached hydrogen (secondary N) is 1. The quantitative estimate of drug-likeness (QED) is 0.824. The minimum atomic E-state index is 0.0856. The highest BCUT2D eigenvalue weighted by molar-refractivity contribution is 5.99. The van der Waals surface area contributed by atoms with E-state index in [4.69, 9.17) is 0 Å². The number of hydrogen-bond donors (Lipinski definition) is 1. The van der Waals surface area contributed by atoms with E-state index in [2.05, 4.69) is 17.2 Å². The van der Waals surface area contributed by atoms with Crippen LogP contribution < -0.4 is 5.32 Å². The first-order chi connectivity index (χ1) is 7.74. The number of carbonyl (C=O) groups is 1. The molecule has 0 spiro atoms. The zero-order valence-electron chi connectivity index (χ0n) is 9.73. The molecule has 0 aliphatic carbocycles. The van der Waals surface area contributed by atoms with Gasteiger partial charge in [-0.3, -0.25) is 4.79 Å². The Morgan fingerprint density at radius 2 is 2.44 bits per heavy atom. The van der Waals surface area contributed by atoms with Crippen molar-refractivity contribution in [3.8, 4) is 0 Å². The van der Waals surface area contributed by atoms with Crippen LogP contribution >= 0.6 is 0 Å². The van der Waals surface area contributed by atoms with E-state index in [9.17, 15) is 4.79 Å². The highest BCUT2D eigenvalue weighted by Crippen LogP contribution is 2.21. The predicted molar refractivity (Wildman–Crippen MR) is 63.5 cm³/mol. The van der Waals surface area contributed by atoms with E-state index in [0.29, 0.717) is 17.4 Å². The number of amides is 1. The molecule has 1 aromatic heterocycles. The van der Waals surface area contributed by atoms with Crippen molar-refractivity contribution in [3.63, 3.8) is 0 Å². The Labute approximate surface area is 95.7 Å². The van der Waals surface area contributed by atoms with Gasteiger partial charge in [0.25, 0.3) is 5.91 Å². The lowest BCUT2D eigenvalue weighted by Crippen LogP contribution is -2.34. The van der Waals surface area contributed by atoms with Gasteiger partial charge in [-0.05, 0) is 31.9 Å². The van der Waals surface area contributed by atoms with Crippen molar-refractivity contribution < 1.29 is 4.79 Å². The highest BCUT2D eigenvalue weighted by Gasteiger charge is 2.27. The molecule has 1 amide bonds. The minimum Gasteiger partial charge on any atom is -0.372 e. The van der Waals surface area contributed by atoms with E-state index in [1.54, 1.807) is 19.3 Å². The van der Waals surface area contributed by atoms with Crippen LogP contribution in [0.1, 0.15) is 30.1 Å². The standard InChI is InChI=1S/C12H17N3O/c1-9-5-4-8-15(9)12(16)10-6-3-7-14-11(10)13-2/h3,6-7,9H,4-5,8H2,1-2H3,(H,13,14). The molecule has 0 aromatic carbocycles. The van der Waals surface area contributed by atoms with Crippen molar-refractivity contribution in [1.29, 1.82) is 0 Å². The zero-order chi connectivity index (χ0) is 11.5. The molecule has 2 heterocycles. The van der Waals surface area contributed by atoms with Gasteiger partial charge < -0.3 is 10.2 Å². The van der Waals surface area contributed by atoms with E-state index in [1.165, 1.54) is 0 Å². The number of nitrogens with zero attached hydrogens (tertiary/aromatic N) is 2. The zero-order valence-corrected chi connectivity index (χ0v) is 9.73. The lowest BCUT2D eigenvalue weighted by atomic mass is 10.2. The van der Waals surface area contributed by atoms with Crippen molar-refractivity contribution in [3.05, 3.63) is 23.9 Å². The second-order valence-corrected chi connectivity index (χ2v) is 4.14. The Balaban J connectivity index is 2.26. The van der Waals surface area contributed by atoms with Crippen LogP contribution in [-0.4, -0.2) is 35.4 Å². The molecule has 0 bridgehead atoms. The molecule has 0 radical (unpaired) electrons. The smallest absolute Gasteiger partial charge is 0.257 e. The van der Waals surface area contributed by atoms with E-state index >= 15 is 0 Å². The van der Waals surface area contributed by atoms with E-state index < -0.39 is 0 Å². The van der Waals surface area contributed by atoms with Gasteiger partial charge >= 0.3 is 0 Å². The molecule has 1 aliphatic rings. The molecule has 1 N–H and O–H groups in total. The second-order valence-electron chi connectivity index (χ2n) is 4.14. The fourth-order valence-corrected chi connectivity index (χ4v) is 2.17. The highest BCUT2D eigenvalue weighted by atomic mass is 16.2. The third kappa shape index (κ3) is 1.87. The number of carbonyl (C=O) groups excluding carboxylic acids is 1. The van der Waals surface area contributed by atoms with Gasteiger partial charge in [-0.1, -0.05) is 0 Å². The number of hydrogen-bond acceptors (Lipinski definition) is 3. The Morgan fingerprint density at radius 3 is 3.06 bits per heavy atom. The van der Waals surface area contributed by atoms with E-state index in [1.807, 2.05) is 11.0 Å². The number of rotatable bonds is 2. The Bertz CT molecular complexity index is 392. The summed E-state index contributed by atoms with van der Waals surface area (Å²) in [7, 11) is 1.78. The van der Waals surface area contributed by atoms with Crippen LogP contribution in [0.25, 0.3) is 0 Å². The molecule has 16 heavy (non-hydrogen) atoms. The number of pyridine rings is 1. The molecule has 1 unspecified atom stereocenters. The summed E-state index contributed by atoms with van der Waals surface area (Å²) >= 11 is 0. The maximum atomic E-state index is 12.3. The third-order valence-corrected chi connectivity index (χ3v) is 3.09. The Morgan fingerprint density at radius 1 is 1.62 bits per heavy atom. The van der Waals surface area contributed by atoms with Crippen LogP contribution in [0.4, 0.5) is 5.82 Å². The van der Waals surface area contributed by atoms with Gasteiger partial charge in [-0.2, -0.15) is 0 Å². The van der Waals surface area contributed by atoms with Crippen molar-refractivity contribution >= 4 is 11.7 Å². The van der Waals surface area contributed by atoms with Gasteiger partial charge in [0.2, 0.25) is 0 Å². The monoisotopic (exact) mass is 219 g/mol. The molecule has 1 atom stereocenters. The van der Waals surface area contributed by atoms with Gasteiger partial charge in [0.15, 0.2) is 0 Å². The minimum absolute atomic E-state index is 0.0856. The molecule has 0 saturated carbocycles. The average Bonchev–Trinajstić information content (AvgIpc) is 2.74. The largest absolute Gasteiger partial charge is 0.372 e. The van der Waals surface area contributed by atoms with Crippen molar-refractivity contribution in [1.82, 2.24) is 9.88 Å². The number of anilines is 1. The molecule has 4 nitrogen and oxygen atoms in total. The van der Waals surface area contributed by atoms with Crippen LogP contribution in [0, 0.1) is 0 Å². The first-order valence-corrected chi connectivity index (χ1v) is 5.67. The normalized spacial score (nSPS) is 19.9. The van der Waals surface area contributed by atoms with Crippen LogP contribution in [0.15, 0.2) is 18.3 Å². The predicted octanol–water partition coefficient (Wildman–Crippen LogP) is 1.75. The SMILES string of the molecule is CNc1ncccc1C(=O)N1CCCC1C. The average molecular weight is 219 g/mol. The Kier molecular flexibility index (Phi) is 3.08. The summed E-state index contributed by atoms with van der Waals surface area (Å²) in [5.74, 6) is 0.744. The van der Waals surface area contributed by atoms with Gasteiger partial charge in [-0.25, -0.2) is 4.98 Å². The summed E-state index contributed by atoms with van der Waals surface area (Å²) in [5, 5.41) is 2.96. The lowest BCUT2D eigenvalue weighted by Gasteiger charge is -2.22. The number of likely N-dealkylation sites (tertiary alicyclic amines) is 1. The maximum Gasteiger partial charge on any atom is 0.257 e. The molecular formula is C12H17N3O. The summed E-state index contributed by atoms with van der Waals surface area (Å²) < 4.78 is 0. The third-order valence-electron chi connectivity index (χ3n) is 3.09. The first kappa shape index (κ1) is 10.9. The summed E-state index contributed by atoms with van der Waals surface area (Å²) in [6.45, 7) is 2.96. The molecule has 4 heteroatoms. The Hall–Kier alpha value is -1.58. The van der Waals surface area contributed by atoms with Gasteiger partial charge in [-0.15, -0.1) is 0 Å². The first-order valence-electron chi connectivity index (χ1n) is 5.67. The van der Waals surface area contributed by atoms with Crippen molar-refractivity contribution in [2.24, 2.45) is 0 Å². The summed E-state index contributed by atoms with van der Waals surface area (Å²) in [4.78, 5) is 18.4. The molecule has 1 saturated heterocycles. The number of aromatic nitrogens is 1. The molecule has 86 valence electrons.